The number of hydrogen-bond donors (Lipinski definition) is 0. The Hall–Kier alpha value is -1.84. The molecule has 98 valence electrons. The highest BCUT2D eigenvalue weighted by Gasteiger charge is 2.17. The van der Waals surface area contributed by atoms with Crippen LogP contribution < -0.4 is 4.74 Å². The molecule has 0 radical (unpaired) electrons. The summed E-state index contributed by atoms with van der Waals surface area (Å²) < 4.78 is 10.2. The zero-order valence-electron chi connectivity index (χ0n) is 11.3. The Morgan fingerprint density at radius 2 is 2.06 bits per heavy atom. The molecule has 0 saturated heterocycles. The lowest BCUT2D eigenvalue weighted by atomic mass is 10.1. The maximum Gasteiger partial charge on any atom is 0.314 e. The summed E-state index contributed by atoms with van der Waals surface area (Å²) in [7, 11) is 1.60. The molecule has 0 saturated carbocycles. The van der Waals surface area contributed by atoms with E-state index >= 15 is 0 Å². The third kappa shape index (κ3) is 3.58. The van der Waals surface area contributed by atoms with Crippen molar-refractivity contribution in [2.24, 2.45) is 10.9 Å². The number of para-hydroxylation sites is 2. The second kappa shape index (κ2) is 6.79. The largest absolute Gasteiger partial charge is 0.494 e. The van der Waals surface area contributed by atoms with Crippen molar-refractivity contribution in [2.75, 3.05) is 13.7 Å². The molecule has 1 aromatic carbocycles. The maximum atomic E-state index is 11.6. The zero-order chi connectivity index (χ0) is 13.5. The van der Waals surface area contributed by atoms with E-state index in [1.54, 1.807) is 21.0 Å². The Kier molecular flexibility index (Phi) is 5.36. The lowest BCUT2D eigenvalue weighted by Gasteiger charge is -2.11. The Labute approximate surface area is 108 Å². The van der Waals surface area contributed by atoms with Crippen molar-refractivity contribution in [3.05, 3.63) is 24.3 Å². The standard InChI is InChI=1S/C14H19NO3/c1-5-18-14(16)10(2)11(3)15-12-8-6-7-9-13(12)17-4/h6-10H,5H2,1-4H3. The molecule has 0 fully saturated rings. The van der Waals surface area contributed by atoms with Crippen LogP contribution >= 0.6 is 0 Å². The van der Waals surface area contributed by atoms with E-state index in [1.165, 1.54) is 0 Å². The summed E-state index contributed by atoms with van der Waals surface area (Å²) in [5.74, 6) is 0.0800. The summed E-state index contributed by atoms with van der Waals surface area (Å²) in [4.78, 5) is 16.0. The second-order valence-electron chi connectivity index (χ2n) is 3.90. The molecular weight excluding hydrogens is 230 g/mol. The molecule has 0 aromatic heterocycles. The first-order valence-electron chi connectivity index (χ1n) is 5.95. The molecule has 4 heteroatoms. The van der Waals surface area contributed by atoms with E-state index in [4.69, 9.17) is 9.47 Å². The first-order valence-corrected chi connectivity index (χ1v) is 5.95. The molecule has 0 N–H and O–H groups in total. The molecule has 0 bridgehead atoms. The van der Waals surface area contributed by atoms with Crippen LogP contribution in [0.2, 0.25) is 0 Å². The Balaban J connectivity index is 2.91. The van der Waals surface area contributed by atoms with Gasteiger partial charge in [-0.1, -0.05) is 12.1 Å². The van der Waals surface area contributed by atoms with Crippen LogP contribution in [0, 0.1) is 5.92 Å². The summed E-state index contributed by atoms with van der Waals surface area (Å²) in [6.45, 7) is 5.77. The van der Waals surface area contributed by atoms with E-state index in [-0.39, 0.29) is 11.9 Å². The van der Waals surface area contributed by atoms with E-state index < -0.39 is 0 Å². The SMILES string of the molecule is CCOC(=O)C(C)C(C)=Nc1ccccc1OC. The first kappa shape index (κ1) is 14.2. The van der Waals surface area contributed by atoms with E-state index in [9.17, 15) is 4.79 Å². The molecule has 0 spiro atoms. The fraction of sp³-hybridized carbons (Fsp3) is 0.429. The third-order valence-corrected chi connectivity index (χ3v) is 2.65. The van der Waals surface area contributed by atoms with Gasteiger partial charge in [-0.15, -0.1) is 0 Å². The fourth-order valence-electron chi connectivity index (χ4n) is 1.45. The molecular formula is C14H19NO3. The van der Waals surface area contributed by atoms with Crippen LogP contribution in [0.5, 0.6) is 5.75 Å². The van der Waals surface area contributed by atoms with Gasteiger partial charge in [0, 0.05) is 5.71 Å². The summed E-state index contributed by atoms with van der Waals surface area (Å²) in [5, 5.41) is 0. The van der Waals surface area contributed by atoms with Gasteiger partial charge in [0.15, 0.2) is 0 Å². The number of rotatable bonds is 5. The predicted molar refractivity (Wildman–Crippen MR) is 71.6 cm³/mol. The topological polar surface area (TPSA) is 47.9 Å². The van der Waals surface area contributed by atoms with Gasteiger partial charge in [-0.05, 0) is 32.9 Å². The third-order valence-electron chi connectivity index (χ3n) is 2.65. The van der Waals surface area contributed by atoms with Gasteiger partial charge in [0.05, 0.1) is 19.6 Å². The van der Waals surface area contributed by atoms with Gasteiger partial charge in [0.1, 0.15) is 11.4 Å². The maximum absolute atomic E-state index is 11.6. The van der Waals surface area contributed by atoms with Gasteiger partial charge >= 0.3 is 5.97 Å². The highest BCUT2D eigenvalue weighted by molar-refractivity contribution is 6.01. The van der Waals surface area contributed by atoms with Gasteiger partial charge < -0.3 is 9.47 Å². The van der Waals surface area contributed by atoms with Gasteiger partial charge in [0.2, 0.25) is 0 Å². The lowest BCUT2D eigenvalue weighted by Crippen LogP contribution is -2.21. The van der Waals surface area contributed by atoms with Crippen molar-refractivity contribution in [3.8, 4) is 5.75 Å². The molecule has 18 heavy (non-hydrogen) atoms. The smallest absolute Gasteiger partial charge is 0.314 e. The molecule has 1 atom stereocenters. The average Bonchev–Trinajstić information content (AvgIpc) is 2.38. The number of nitrogens with zero attached hydrogens (tertiary/aromatic N) is 1. The molecule has 0 aliphatic rings. The van der Waals surface area contributed by atoms with E-state index in [2.05, 4.69) is 4.99 Å². The van der Waals surface area contributed by atoms with Crippen LogP contribution in [0.1, 0.15) is 20.8 Å². The summed E-state index contributed by atoms with van der Waals surface area (Å²) >= 11 is 0. The highest BCUT2D eigenvalue weighted by atomic mass is 16.5. The van der Waals surface area contributed by atoms with Crippen molar-refractivity contribution >= 4 is 17.4 Å². The minimum absolute atomic E-state index is 0.256. The average molecular weight is 249 g/mol. The van der Waals surface area contributed by atoms with Crippen LogP contribution in [0.15, 0.2) is 29.3 Å². The number of benzene rings is 1. The number of methoxy groups -OCH3 is 1. The number of ether oxygens (including phenoxy) is 2. The summed E-state index contributed by atoms with van der Waals surface area (Å²) in [6, 6.07) is 7.44. The van der Waals surface area contributed by atoms with Gasteiger partial charge in [-0.2, -0.15) is 0 Å². The van der Waals surface area contributed by atoms with Crippen LogP contribution in [0.25, 0.3) is 0 Å². The fourth-order valence-corrected chi connectivity index (χ4v) is 1.45. The number of carbonyl (C=O) groups is 1. The normalized spacial score (nSPS) is 13.0. The molecule has 0 amide bonds. The van der Waals surface area contributed by atoms with Crippen LogP contribution in [-0.2, 0) is 9.53 Å². The number of hydrogen-bond acceptors (Lipinski definition) is 4. The number of esters is 1. The minimum atomic E-state index is -0.352. The highest BCUT2D eigenvalue weighted by Crippen LogP contribution is 2.27. The Morgan fingerprint density at radius 1 is 1.39 bits per heavy atom. The molecule has 1 unspecified atom stereocenters. The van der Waals surface area contributed by atoms with E-state index in [0.717, 1.165) is 0 Å². The molecule has 4 nitrogen and oxygen atoms in total. The first-order chi connectivity index (χ1) is 8.60. The van der Waals surface area contributed by atoms with E-state index in [0.29, 0.717) is 23.8 Å². The van der Waals surface area contributed by atoms with Crippen molar-refractivity contribution in [1.29, 1.82) is 0 Å². The van der Waals surface area contributed by atoms with Crippen LogP contribution in [0.3, 0.4) is 0 Å². The van der Waals surface area contributed by atoms with Gasteiger partial charge in [-0.3, -0.25) is 9.79 Å². The van der Waals surface area contributed by atoms with Crippen molar-refractivity contribution < 1.29 is 14.3 Å². The monoisotopic (exact) mass is 249 g/mol. The molecule has 1 rings (SSSR count). The van der Waals surface area contributed by atoms with Crippen LogP contribution in [0.4, 0.5) is 5.69 Å². The molecule has 0 heterocycles. The summed E-state index contributed by atoms with van der Waals surface area (Å²) in [5.41, 5.74) is 1.42. The predicted octanol–water partition coefficient (Wildman–Crippen LogP) is 2.99. The molecule has 0 aliphatic heterocycles. The number of carbonyl (C=O) groups excluding carboxylic acids is 1. The number of aliphatic imine (C=N–C) groups is 1. The summed E-state index contributed by atoms with van der Waals surface area (Å²) in [6.07, 6.45) is 0. The van der Waals surface area contributed by atoms with Crippen molar-refractivity contribution in [3.63, 3.8) is 0 Å². The van der Waals surface area contributed by atoms with Crippen molar-refractivity contribution in [1.82, 2.24) is 0 Å². The molecule has 0 aliphatic carbocycles. The molecule has 1 aromatic rings. The Bertz CT molecular complexity index is 440. The van der Waals surface area contributed by atoms with Gasteiger partial charge in [-0.25, -0.2) is 0 Å². The van der Waals surface area contributed by atoms with Crippen LogP contribution in [-0.4, -0.2) is 25.4 Å². The minimum Gasteiger partial charge on any atom is -0.494 e. The van der Waals surface area contributed by atoms with Crippen molar-refractivity contribution in [2.45, 2.75) is 20.8 Å². The Morgan fingerprint density at radius 3 is 2.67 bits per heavy atom. The second-order valence-corrected chi connectivity index (χ2v) is 3.90. The quantitative estimate of drug-likeness (QED) is 0.595. The zero-order valence-corrected chi connectivity index (χ0v) is 11.3. The lowest BCUT2D eigenvalue weighted by molar-refractivity contribution is -0.145. The van der Waals surface area contributed by atoms with E-state index in [1.807, 2.05) is 31.2 Å². The van der Waals surface area contributed by atoms with Gasteiger partial charge in [0.25, 0.3) is 0 Å².